The Labute approximate surface area is 325 Å². The largest absolute Gasteiger partial charge is 0.508 e. The molecule has 0 aromatic heterocycles. The zero-order valence-electron chi connectivity index (χ0n) is 34.3. The molecule has 54 heavy (non-hydrogen) atoms. The van der Waals surface area contributed by atoms with E-state index in [2.05, 4.69) is 58.9 Å². The van der Waals surface area contributed by atoms with Crippen LogP contribution in [0.2, 0.25) is 0 Å². The smallest absolute Gasteiger partial charge is 0.431 e. The summed E-state index contributed by atoms with van der Waals surface area (Å²) >= 11 is 0. The average molecular weight is 747 g/mol. The first kappa shape index (κ1) is 37.9. The Hall–Kier alpha value is -1.66. The summed E-state index contributed by atoms with van der Waals surface area (Å²) < 4.78 is 25.3. The third-order valence-electron chi connectivity index (χ3n) is 19.6. The molecule has 7 saturated carbocycles. The minimum Gasteiger partial charge on any atom is -0.431 e. The van der Waals surface area contributed by atoms with Crippen LogP contribution in [0.25, 0.3) is 0 Å². The van der Waals surface area contributed by atoms with E-state index in [0.29, 0.717) is 40.9 Å². The Morgan fingerprint density at radius 3 is 2.19 bits per heavy atom. The fraction of sp³-hybridized carbons (Fsp3) is 0.854. The second-order valence-corrected chi connectivity index (χ2v) is 21.3. The lowest BCUT2D eigenvalue weighted by Gasteiger charge is -2.69. The molecule has 0 aromatic carbocycles. The van der Waals surface area contributed by atoms with Gasteiger partial charge in [0.25, 0.3) is 0 Å². The third kappa shape index (κ3) is 5.49. The van der Waals surface area contributed by atoms with E-state index in [1.165, 1.54) is 57.8 Å². The van der Waals surface area contributed by atoms with Gasteiger partial charge in [0.2, 0.25) is 0 Å². The van der Waals surface area contributed by atoms with Gasteiger partial charge in [-0.3, -0.25) is 0 Å². The summed E-state index contributed by atoms with van der Waals surface area (Å²) in [6.45, 7) is 12.0. The highest BCUT2D eigenvalue weighted by molar-refractivity contribution is 5.60. The van der Waals surface area contributed by atoms with Gasteiger partial charge in [0.1, 0.15) is 30.1 Å². The third-order valence-corrected chi connectivity index (χ3v) is 19.6. The SMILES string of the molecule is CC/C=C/CC1CCC2C3CCC4CC(OC(=O)OC5CCC6(C)C7CCC8(C)C(C/C=C/CF)CCC8[C@]78C=C[C@@]6(C5)OO8)CCC4(C)C3CCC12C. The minimum atomic E-state index is -0.592. The maximum Gasteiger partial charge on any atom is 0.508 e. The van der Waals surface area contributed by atoms with Crippen LogP contribution in [0, 0.1) is 69.0 Å². The summed E-state index contributed by atoms with van der Waals surface area (Å²) in [6, 6.07) is 0. The van der Waals surface area contributed by atoms with Gasteiger partial charge >= 0.3 is 6.16 Å². The molecule has 10 aliphatic rings. The van der Waals surface area contributed by atoms with Gasteiger partial charge < -0.3 is 9.47 Å². The predicted molar refractivity (Wildman–Crippen MR) is 210 cm³/mol. The van der Waals surface area contributed by atoms with E-state index in [1.54, 1.807) is 6.08 Å². The van der Waals surface area contributed by atoms with E-state index in [4.69, 9.17) is 19.2 Å². The Kier molecular flexibility index (Phi) is 9.63. The minimum absolute atomic E-state index is 0.0436. The number of hydrogen-bond acceptors (Lipinski definition) is 5. The van der Waals surface area contributed by atoms with Crippen molar-refractivity contribution in [3.63, 3.8) is 0 Å². The van der Waals surface area contributed by atoms with Gasteiger partial charge in [0, 0.05) is 23.7 Å². The van der Waals surface area contributed by atoms with Crippen LogP contribution in [0.3, 0.4) is 0 Å². The fourth-order valence-corrected chi connectivity index (χ4v) is 16.5. The first-order valence-corrected chi connectivity index (χ1v) is 22.7. The van der Waals surface area contributed by atoms with Crippen molar-refractivity contribution in [3.8, 4) is 0 Å². The van der Waals surface area contributed by atoms with Crippen LogP contribution in [0.5, 0.6) is 0 Å². The van der Waals surface area contributed by atoms with Crippen LogP contribution < -0.4 is 0 Å². The monoisotopic (exact) mass is 747 g/mol. The highest BCUT2D eigenvalue weighted by atomic mass is 19.1. The standard InChI is InChI=1S/C48H71FO5/c1-6-7-8-11-32-14-17-38-37-16-13-34-30-35(19-23-44(34,3)39(37)21-24-43(32,38)2)51-42(50)52-36-20-26-46(5)41-22-25-45(4)33(12-9-10-29-49)15-18-40(45)48(41)28-27-47(46,31-36)53-54-48/h7-10,27-28,32-41H,6,11-26,29-31H2,1-5H3/b8-7+,10-9+/t32?,33?,34?,35?,36?,37?,38?,39?,40?,41?,43?,44?,45?,46?,47-,48+/m0/s1. The highest BCUT2D eigenvalue weighted by Gasteiger charge is 2.74. The molecule has 2 spiro atoms. The van der Waals surface area contributed by atoms with E-state index in [-0.39, 0.29) is 29.7 Å². The molecule has 16 atom stereocenters. The quantitative estimate of drug-likeness (QED) is 0.141. The van der Waals surface area contributed by atoms with E-state index in [9.17, 15) is 9.18 Å². The van der Waals surface area contributed by atoms with Gasteiger partial charge in [-0.15, -0.1) is 0 Å². The zero-order chi connectivity index (χ0) is 37.6. The second kappa shape index (κ2) is 13.7. The normalized spacial score (nSPS) is 53.0. The van der Waals surface area contributed by atoms with Crippen molar-refractivity contribution in [1.82, 2.24) is 0 Å². The topological polar surface area (TPSA) is 54.0 Å². The van der Waals surface area contributed by atoms with Gasteiger partial charge in [0.15, 0.2) is 0 Å². The first-order chi connectivity index (χ1) is 25.9. The number of hydrogen-bond donors (Lipinski definition) is 0. The summed E-state index contributed by atoms with van der Waals surface area (Å²) in [4.78, 5) is 26.7. The number of carbonyl (C=O) groups excluding carboxylic acids is 1. The molecule has 6 heteroatoms. The van der Waals surface area contributed by atoms with Gasteiger partial charge in [-0.1, -0.05) is 65.0 Å². The maximum atomic E-state index is 13.5. The van der Waals surface area contributed by atoms with E-state index >= 15 is 0 Å². The van der Waals surface area contributed by atoms with Crippen molar-refractivity contribution in [3.05, 3.63) is 36.5 Å². The molecule has 0 amide bonds. The van der Waals surface area contributed by atoms with Gasteiger partial charge in [-0.2, -0.15) is 0 Å². The fourth-order valence-electron chi connectivity index (χ4n) is 16.5. The van der Waals surface area contributed by atoms with Crippen LogP contribution in [0.4, 0.5) is 9.18 Å². The molecular weight excluding hydrogens is 676 g/mol. The molecule has 2 heterocycles. The first-order valence-electron chi connectivity index (χ1n) is 22.7. The van der Waals surface area contributed by atoms with Crippen molar-refractivity contribution < 1.29 is 28.4 Å². The maximum absolute atomic E-state index is 13.5. The second-order valence-electron chi connectivity index (χ2n) is 21.3. The van der Waals surface area contributed by atoms with Crippen molar-refractivity contribution in [2.24, 2.45) is 69.0 Å². The van der Waals surface area contributed by atoms with E-state index in [1.807, 2.05) is 6.08 Å². The van der Waals surface area contributed by atoms with Crippen molar-refractivity contribution >= 4 is 6.16 Å². The molecular formula is C48H71FO5. The number of allylic oxidation sites excluding steroid dienone is 4. The molecule has 0 N–H and O–H groups in total. The highest BCUT2D eigenvalue weighted by Crippen LogP contribution is 2.73. The predicted octanol–water partition coefficient (Wildman–Crippen LogP) is 12.4. The molecule has 0 radical (unpaired) electrons. The molecule has 14 unspecified atom stereocenters. The van der Waals surface area contributed by atoms with Crippen molar-refractivity contribution in [2.75, 3.05) is 6.67 Å². The molecule has 1 saturated heterocycles. The van der Waals surface area contributed by atoms with Gasteiger partial charge in [-0.05, 0) is 173 Å². The van der Waals surface area contributed by atoms with Crippen molar-refractivity contribution in [2.45, 2.75) is 180 Å². The van der Waals surface area contributed by atoms with Gasteiger partial charge in [0.05, 0.1) is 0 Å². The molecule has 8 fully saturated rings. The van der Waals surface area contributed by atoms with Crippen LogP contribution in [0.15, 0.2) is 36.5 Å². The lowest BCUT2D eigenvalue weighted by molar-refractivity contribution is -0.497. The van der Waals surface area contributed by atoms with Crippen LogP contribution in [-0.2, 0) is 19.2 Å². The molecule has 2 bridgehead atoms. The van der Waals surface area contributed by atoms with E-state index in [0.717, 1.165) is 81.5 Å². The Balaban J connectivity index is 0.813. The lowest BCUT2D eigenvalue weighted by Crippen LogP contribution is -2.73. The van der Waals surface area contributed by atoms with Crippen molar-refractivity contribution in [1.29, 1.82) is 0 Å². The molecule has 0 aromatic rings. The van der Waals surface area contributed by atoms with Crippen LogP contribution in [0.1, 0.15) is 157 Å². The summed E-state index contributed by atoms with van der Waals surface area (Å²) in [6.07, 6.45) is 34.2. The lowest BCUT2D eigenvalue weighted by atomic mass is 9.43. The number of fused-ring (bicyclic) bond motifs is 7. The number of rotatable bonds is 8. The zero-order valence-corrected chi connectivity index (χ0v) is 34.3. The number of alkyl halides is 1. The number of ether oxygens (including phenoxy) is 2. The Morgan fingerprint density at radius 2 is 1.41 bits per heavy atom. The van der Waals surface area contributed by atoms with Crippen LogP contribution >= 0.6 is 0 Å². The summed E-state index contributed by atoms with van der Waals surface area (Å²) in [5.41, 5.74) is -0.0453. The number of halogens is 1. The molecule has 300 valence electrons. The summed E-state index contributed by atoms with van der Waals surface area (Å²) in [5.74, 6) is 5.38. The Morgan fingerprint density at radius 1 is 0.704 bits per heavy atom. The molecule has 8 aliphatic carbocycles. The summed E-state index contributed by atoms with van der Waals surface area (Å²) in [5, 5.41) is 0. The average Bonchev–Trinajstić information content (AvgIpc) is 3.68. The number of carbonyl (C=O) groups is 1. The molecule has 5 nitrogen and oxygen atoms in total. The van der Waals surface area contributed by atoms with Crippen LogP contribution in [-0.4, -0.2) is 36.2 Å². The molecule has 10 rings (SSSR count). The molecule has 2 aliphatic heterocycles. The summed E-state index contributed by atoms with van der Waals surface area (Å²) in [7, 11) is 0. The van der Waals surface area contributed by atoms with Gasteiger partial charge in [-0.25, -0.2) is 19.0 Å². The van der Waals surface area contributed by atoms with E-state index < -0.39 is 17.4 Å². The Bertz CT molecular complexity index is 1520.